The van der Waals surface area contributed by atoms with Gasteiger partial charge in [0.05, 0.1) is 0 Å². The first-order valence-electron chi connectivity index (χ1n) is 5.42. The Kier molecular flexibility index (Phi) is 3.31. The van der Waals surface area contributed by atoms with Crippen LogP contribution in [0.25, 0.3) is 0 Å². The van der Waals surface area contributed by atoms with Gasteiger partial charge in [-0.05, 0) is 36.4 Å². The summed E-state index contributed by atoms with van der Waals surface area (Å²) in [5.74, 6) is 2.31. The van der Waals surface area contributed by atoms with Crippen molar-refractivity contribution in [3.8, 4) is 12.3 Å². The van der Waals surface area contributed by atoms with Gasteiger partial charge in [-0.25, -0.2) is 0 Å². The minimum absolute atomic E-state index is 0.212. The molecule has 2 aromatic rings. The molecule has 0 saturated carbocycles. The Morgan fingerprint density at radius 3 is 2.67 bits per heavy atom. The molecule has 0 bridgehead atoms. The quantitative estimate of drug-likeness (QED) is 0.621. The molecule has 0 fully saturated rings. The zero-order chi connectivity index (χ0) is 13.0. The Bertz CT molecular complexity index is 626. The van der Waals surface area contributed by atoms with Gasteiger partial charge in [0.1, 0.15) is 0 Å². The molecule has 0 aliphatic carbocycles. The van der Waals surface area contributed by atoms with Crippen LogP contribution < -0.4 is 11.1 Å². The number of carbonyl (C=O) groups excluding carboxylic acids is 1. The summed E-state index contributed by atoms with van der Waals surface area (Å²) in [4.78, 5) is 11.9. The van der Waals surface area contributed by atoms with E-state index >= 15 is 0 Å². The van der Waals surface area contributed by atoms with Gasteiger partial charge >= 0.3 is 0 Å². The molecule has 0 aromatic heterocycles. The van der Waals surface area contributed by atoms with E-state index in [1.165, 1.54) is 0 Å². The number of carbonyl (C=O) groups is 1. The summed E-state index contributed by atoms with van der Waals surface area (Å²) in [6.45, 7) is 0. The highest BCUT2D eigenvalue weighted by atomic mass is 16.1. The van der Waals surface area contributed by atoms with Crippen molar-refractivity contribution in [2.45, 2.75) is 0 Å². The third-order valence-corrected chi connectivity index (χ3v) is 2.44. The normalized spacial score (nSPS) is 9.50. The molecule has 0 unspecified atom stereocenters. The van der Waals surface area contributed by atoms with Gasteiger partial charge in [-0.2, -0.15) is 0 Å². The highest BCUT2D eigenvalue weighted by Crippen LogP contribution is 2.13. The molecule has 0 heterocycles. The van der Waals surface area contributed by atoms with Crippen molar-refractivity contribution < 1.29 is 4.79 Å². The summed E-state index contributed by atoms with van der Waals surface area (Å²) in [5.41, 5.74) is 8.09. The van der Waals surface area contributed by atoms with Crippen molar-refractivity contribution in [1.82, 2.24) is 0 Å². The third kappa shape index (κ3) is 2.69. The maximum atomic E-state index is 11.9. The van der Waals surface area contributed by atoms with Crippen LogP contribution in [0.1, 0.15) is 15.9 Å². The first kappa shape index (κ1) is 11.7. The fourth-order valence-electron chi connectivity index (χ4n) is 1.57. The first-order chi connectivity index (χ1) is 8.69. The number of amides is 1. The van der Waals surface area contributed by atoms with E-state index in [2.05, 4.69) is 11.2 Å². The van der Waals surface area contributed by atoms with E-state index in [0.29, 0.717) is 16.9 Å². The highest BCUT2D eigenvalue weighted by Gasteiger charge is 2.06. The predicted octanol–water partition coefficient (Wildman–Crippen LogP) is 2.50. The predicted molar refractivity (Wildman–Crippen MR) is 73.2 cm³/mol. The second-order valence-corrected chi connectivity index (χ2v) is 3.80. The number of nitrogens with one attached hydrogen (secondary N) is 1. The molecule has 0 spiro atoms. The molecule has 0 saturated heterocycles. The van der Waals surface area contributed by atoms with Gasteiger partial charge in [-0.3, -0.25) is 4.79 Å². The van der Waals surface area contributed by atoms with Crippen molar-refractivity contribution in [3.63, 3.8) is 0 Å². The molecule has 0 aliphatic heterocycles. The lowest BCUT2D eigenvalue weighted by Crippen LogP contribution is -2.12. The lowest BCUT2D eigenvalue weighted by Gasteiger charge is -2.06. The van der Waals surface area contributed by atoms with Crippen LogP contribution in [0.3, 0.4) is 0 Å². The summed E-state index contributed by atoms with van der Waals surface area (Å²) in [5, 5.41) is 2.77. The van der Waals surface area contributed by atoms with Crippen LogP contribution in [0.15, 0.2) is 48.5 Å². The van der Waals surface area contributed by atoms with E-state index in [9.17, 15) is 4.79 Å². The molecule has 2 rings (SSSR count). The molecular weight excluding hydrogens is 224 g/mol. The van der Waals surface area contributed by atoms with E-state index in [4.69, 9.17) is 12.2 Å². The van der Waals surface area contributed by atoms with Crippen LogP contribution >= 0.6 is 0 Å². The number of anilines is 2. The summed E-state index contributed by atoms with van der Waals surface area (Å²) < 4.78 is 0. The number of benzene rings is 2. The standard InChI is InChI=1S/C15H12N2O/c1-2-11-5-3-8-14(9-11)17-15(18)12-6-4-7-13(16)10-12/h1,3-10H,16H2,(H,17,18). The number of nitrogen functional groups attached to an aromatic ring is 1. The minimum atomic E-state index is -0.212. The van der Waals surface area contributed by atoms with Crippen LogP contribution in [0.4, 0.5) is 11.4 Å². The third-order valence-electron chi connectivity index (χ3n) is 2.44. The van der Waals surface area contributed by atoms with Crippen LogP contribution in [0.2, 0.25) is 0 Å². The topological polar surface area (TPSA) is 55.1 Å². The largest absolute Gasteiger partial charge is 0.399 e. The summed E-state index contributed by atoms with van der Waals surface area (Å²) in [7, 11) is 0. The monoisotopic (exact) mass is 236 g/mol. The van der Waals surface area contributed by atoms with E-state index in [-0.39, 0.29) is 5.91 Å². The van der Waals surface area contributed by atoms with Gasteiger partial charge in [0.25, 0.3) is 5.91 Å². The zero-order valence-corrected chi connectivity index (χ0v) is 9.68. The Morgan fingerprint density at radius 2 is 1.94 bits per heavy atom. The average Bonchev–Trinajstić information content (AvgIpc) is 2.39. The van der Waals surface area contributed by atoms with E-state index in [0.717, 1.165) is 5.56 Å². The van der Waals surface area contributed by atoms with E-state index in [1.54, 1.807) is 48.5 Å². The van der Waals surface area contributed by atoms with Gasteiger partial charge in [-0.1, -0.05) is 18.1 Å². The second kappa shape index (κ2) is 5.07. The van der Waals surface area contributed by atoms with E-state index in [1.807, 2.05) is 0 Å². The van der Waals surface area contributed by atoms with Crippen molar-refractivity contribution in [2.75, 3.05) is 11.1 Å². The maximum absolute atomic E-state index is 11.9. The number of rotatable bonds is 2. The highest BCUT2D eigenvalue weighted by molar-refractivity contribution is 6.04. The van der Waals surface area contributed by atoms with Crippen molar-refractivity contribution in [2.24, 2.45) is 0 Å². The number of hydrogen-bond donors (Lipinski definition) is 2. The maximum Gasteiger partial charge on any atom is 0.255 e. The number of hydrogen-bond acceptors (Lipinski definition) is 2. The van der Waals surface area contributed by atoms with Crippen LogP contribution in [0, 0.1) is 12.3 Å². The van der Waals surface area contributed by atoms with Crippen molar-refractivity contribution in [3.05, 3.63) is 59.7 Å². The van der Waals surface area contributed by atoms with Gasteiger partial charge in [0, 0.05) is 22.5 Å². The SMILES string of the molecule is C#Cc1cccc(NC(=O)c2cccc(N)c2)c1. The van der Waals surface area contributed by atoms with Gasteiger partial charge in [0.15, 0.2) is 0 Å². The molecule has 0 atom stereocenters. The zero-order valence-electron chi connectivity index (χ0n) is 9.68. The van der Waals surface area contributed by atoms with Crippen LogP contribution in [0.5, 0.6) is 0 Å². The number of terminal acetylenes is 1. The molecule has 3 nitrogen and oxygen atoms in total. The fourth-order valence-corrected chi connectivity index (χ4v) is 1.57. The Hall–Kier alpha value is -2.73. The van der Waals surface area contributed by atoms with E-state index < -0.39 is 0 Å². The molecule has 0 radical (unpaired) electrons. The lowest BCUT2D eigenvalue weighted by molar-refractivity contribution is 0.102. The smallest absolute Gasteiger partial charge is 0.255 e. The summed E-state index contributed by atoms with van der Waals surface area (Å²) >= 11 is 0. The van der Waals surface area contributed by atoms with Gasteiger partial charge < -0.3 is 11.1 Å². The van der Waals surface area contributed by atoms with Crippen LogP contribution in [-0.4, -0.2) is 5.91 Å². The molecule has 88 valence electrons. The van der Waals surface area contributed by atoms with Crippen molar-refractivity contribution in [1.29, 1.82) is 0 Å². The summed E-state index contributed by atoms with van der Waals surface area (Å²) in [6.07, 6.45) is 5.30. The number of nitrogens with two attached hydrogens (primary N) is 1. The molecule has 0 aliphatic rings. The Balaban J connectivity index is 2.19. The Labute approximate surface area is 106 Å². The summed E-state index contributed by atoms with van der Waals surface area (Å²) in [6, 6.07) is 13.9. The van der Waals surface area contributed by atoms with Crippen molar-refractivity contribution >= 4 is 17.3 Å². The second-order valence-electron chi connectivity index (χ2n) is 3.80. The van der Waals surface area contributed by atoms with Gasteiger partial charge in [-0.15, -0.1) is 6.42 Å². The molecule has 2 aromatic carbocycles. The minimum Gasteiger partial charge on any atom is -0.399 e. The molecule has 3 N–H and O–H groups in total. The fraction of sp³-hybridized carbons (Fsp3) is 0. The lowest BCUT2D eigenvalue weighted by atomic mass is 10.1. The van der Waals surface area contributed by atoms with Gasteiger partial charge in [0.2, 0.25) is 0 Å². The first-order valence-corrected chi connectivity index (χ1v) is 5.42. The molecule has 18 heavy (non-hydrogen) atoms. The molecule has 3 heteroatoms. The Morgan fingerprint density at radius 1 is 1.17 bits per heavy atom. The molecular formula is C15H12N2O. The van der Waals surface area contributed by atoms with Crippen LogP contribution in [-0.2, 0) is 0 Å². The average molecular weight is 236 g/mol. The molecule has 1 amide bonds.